The van der Waals surface area contributed by atoms with Crippen LogP contribution in [0.25, 0.3) is 0 Å². The zero-order valence-electron chi connectivity index (χ0n) is 9.59. The van der Waals surface area contributed by atoms with Crippen LogP contribution < -0.4 is 9.47 Å². The van der Waals surface area contributed by atoms with Gasteiger partial charge >= 0.3 is 0 Å². The maximum atomic E-state index is 10.00. The van der Waals surface area contributed by atoms with Gasteiger partial charge in [0, 0.05) is 0 Å². The standard InChI is InChI=1S/C13H16O4/c14-11(7-15-10-2-1-3-10)9-4-5-12-13(6-9)17-8-16-12/h4-6,10-11,14H,1-3,7-8H2. The van der Waals surface area contributed by atoms with Gasteiger partial charge in [-0.1, -0.05) is 6.07 Å². The van der Waals surface area contributed by atoms with Gasteiger partial charge in [0.15, 0.2) is 11.5 Å². The molecule has 1 atom stereocenters. The van der Waals surface area contributed by atoms with Crippen molar-refractivity contribution in [3.63, 3.8) is 0 Å². The summed E-state index contributed by atoms with van der Waals surface area (Å²) in [5, 5.41) is 10.00. The Hall–Kier alpha value is -1.26. The van der Waals surface area contributed by atoms with E-state index >= 15 is 0 Å². The number of benzene rings is 1. The van der Waals surface area contributed by atoms with Gasteiger partial charge in [-0.25, -0.2) is 0 Å². The summed E-state index contributed by atoms with van der Waals surface area (Å²) in [6.07, 6.45) is 3.23. The van der Waals surface area contributed by atoms with Crippen molar-refractivity contribution in [3.05, 3.63) is 23.8 Å². The quantitative estimate of drug-likeness (QED) is 0.868. The zero-order valence-corrected chi connectivity index (χ0v) is 9.59. The van der Waals surface area contributed by atoms with Crippen molar-refractivity contribution < 1.29 is 19.3 Å². The maximum Gasteiger partial charge on any atom is 0.231 e. The molecular formula is C13H16O4. The number of aliphatic hydroxyl groups is 1. The molecule has 1 aliphatic carbocycles. The summed E-state index contributed by atoms with van der Waals surface area (Å²) in [5.74, 6) is 1.44. The van der Waals surface area contributed by atoms with Gasteiger partial charge in [0.25, 0.3) is 0 Å². The van der Waals surface area contributed by atoms with Gasteiger partial charge < -0.3 is 19.3 Å². The molecule has 92 valence electrons. The summed E-state index contributed by atoms with van der Waals surface area (Å²) in [4.78, 5) is 0. The van der Waals surface area contributed by atoms with Crippen LogP contribution in [0, 0.1) is 0 Å². The molecule has 0 bridgehead atoms. The fourth-order valence-electron chi connectivity index (χ4n) is 1.98. The van der Waals surface area contributed by atoms with Gasteiger partial charge in [-0.05, 0) is 37.0 Å². The lowest BCUT2D eigenvalue weighted by molar-refractivity contribution is -0.0427. The Morgan fingerprint density at radius 1 is 1.29 bits per heavy atom. The minimum atomic E-state index is -0.593. The molecular weight excluding hydrogens is 220 g/mol. The number of hydrogen-bond acceptors (Lipinski definition) is 4. The third kappa shape index (κ3) is 2.23. The summed E-state index contributed by atoms with van der Waals surface area (Å²) in [5.41, 5.74) is 0.813. The van der Waals surface area contributed by atoms with E-state index in [9.17, 15) is 5.11 Å². The molecule has 0 aromatic heterocycles. The molecule has 4 heteroatoms. The van der Waals surface area contributed by atoms with Crippen molar-refractivity contribution >= 4 is 0 Å². The molecule has 17 heavy (non-hydrogen) atoms. The molecule has 0 amide bonds. The van der Waals surface area contributed by atoms with E-state index in [2.05, 4.69) is 0 Å². The highest BCUT2D eigenvalue weighted by molar-refractivity contribution is 5.45. The second kappa shape index (κ2) is 4.55. The third-order valence-corrected chi connectivity index (χ3v) is 3.32. The van der Waals surface area contributed by atoms with E-state index in [0.717, 1.165) is 24.2 Å². The predicted molar refractivity (Wildman–Crippen MR) is 61.1 cm³/mol. The van der Waals surface area contributed by atoms with Crippen LogP contribution in [-0.4, -0.2) is 24.6 Å². The molecule has 0 saturated heterocycles. The van der Waals surface area contributed by atoms with Crippen molar-refractivity contribution in [2.24, 2.45) is 0 Å². The van der Waals surface area contributed by atoms with Gasteiger partial charge in [0.05, 0.1) is 12.7 Å². The van der Waals surface area contributed by atoms with Crippen LogP contribution in [-0.2, 0) is 4.74 Å². The van der Waals surface area contributed by atoms with E-state index in [4.69, 9.17) is 14.2 Å². The lowest BCUT2D eigenvalue weighted by atomic mass is 9.96. The van der Waals surface area contributed by atoms with Crippen molar-refractivity contribution in [2.45, 2.75) is 31.5 Å². The van der Waals surface area contributed by atoms with Crippen LogP contribution in [0.3, 0.4) is 0 Å². The second-order valence-corrected chi connectivity index (χ2v) is 4.51. The first kappa shape index (κ1) is 10.9. The van der Waals surface area contributed by atoms with Crippen molar-refractivity contribution in [2.75, 3.05) is 13.4 Å². The van der Waals surface area contributed by atoms with Crippen LogP contribution in [0.5, 0.6) is 11.5 Å². The van der Waals surface area contributed by atoms with E-state index in [0.29, 0.717) is 18.5 Å². The molecule has 1 fully saturated rings. The van der Waals surface area contributed by atoms with E-state index in [1.165, 1.54) is 6.42 Å². The average Bonchev–Trinajstić information content (AvgIpc) is 2.73. The molecule has 2 aliphatic rings. The monoisotopic (exact) mass is 236 g/mol. The summed E-state index contributed by atoms with van der Waals surface area (Å²) in [6.45, 7) is 0.609. The van der Waals surface area contributed by atoms with Gasteiger partial charge in [-0.2, -0.15) is 0 Å². The second-order valence-electron chi connectivity index (χ2n) is 4.51. The van der Waals surface area contributed by atoms with Crippen molar-refractivity contribution in [1.82, 2.24) is 0 Å². The third-order valence-electron chi connectivity index (χ3n) is 3.32. The van der Waals surface area contributed by atoms with E-state index in [1.54, 1.807) is 0 Å². The average molecular weight is 236 g/mol. The summed E-state index contributed by atoms with van der Waals surface area (Å²) in [7, 11) is 0. The molecule has 0 spiro atoms. The van der Waals surface area contributed by atoms with Gasteiger partial charge in [0.1, 0.15) is 6.10 Å². The molecule has 1 unspecified atom stereocenters. The SMILES string of the molecule is OC(COC1CCC1)c1ccc2c(c1)OCO2. The highest BCUT2D eigenvalue weighted by atomic mass is 16.7. The van der Waals surface area contributed by atoms with Crippen molar-refractivity contribution in [1.29, 1.82) is 0 Å². The van der Waals surface area contributed by atoms with E-state index < -0.39 is 6.10 Å². The molecule has 1 saturated carbocycles. The molecule has 0 radical (unpaired) electrons. The molecule has 1 N–H and O–H groups in total. The molecule has 1 aromatic carbocycles. The normalized spacial score (nSPS) is 20.1. The summed E-state index contributed by atoms with van der Waals surface area (Å²) >= 11 is 0. The van der Waals surface area contributed by atoms with Gasteiger partial charge in [0.2, 0.25) is 6.79 Å². The number of hydrogen-bond donors (Lipinski definition) is 1. The molecule has 4 nitrogen and oxygen atoms in total. The largest absolute Gasteiger partial charge is 0.454 e. The Kier molecular flexibility index (Phi) is 2.91. The van der Waals surface area contributed by atoms with Crippen LogP contribution in [0.1, 0.15) is 30.9 Å². The highest BCUT2D eigenvalue weighted by Gasteiger charge is 2.21. The fourth-order valence-corrected chi connectivity index (χ4v) is 1.98. The Labute approximate surface area is 100 Å². The van der Waals surface area contributed by atoms with E-state index in [-0.39, 0.29) is 6.79 Å². The van der Waals surface area contributed by atoms with E-state index in [1.807, 2.05) is 18.2 Å². The lowest BCUT2D eigenvalue weighted by Crippen LogP contribution is -2.24. The minimum Gasteiger partial charge on any atom is -0.454 e. The smallest absolute Gasteiger partial charge is 0.231 e. The first-order valence-electron chi connectivity index (χ1n) is 6.02. The maximum absolute atomic E-state index is 10.00. The number of fused-ring (bicyclic) bond motifs is 1. The van der Waals surface area contributed by atoms with Crippen LogP contribution in [0.2, 0.25) is 0 Å². The first-order valence-corrected chi connectivity index (χ1v) is 6.02. The van der Waals surface area contributed by atoms with Crippen LogP contribution in [0.15, 0.2) is 18.2 Å². The van der Waals surface area contributed by atoms with Gasteiger partial charge in [-0.3, -0.25) is 0 Å². The lowest BCUT2D eigenvalue weighted by Gasteiger charge is -2.26. The fraction of sp³-hybridized carbons (Fsp3) is 0.538. The Morgan fingerprint density at radius 3 is 2.88 bits per heavy atom. The molecule has 1 heterocycles. The zero-order chi connectivity index (χ0) is 11.7. The number of aliphatic hydroxyl groups excluding tert-OH is 1. The number of ether oxygens (including phenoxy) is 3. The van der Waals surface area contributed by atoms with Gasteiger partial charge in [-0.15, -0.1) is 0 Å². The summed E-state index contributed by atoms with van der Waals surface area (Å²) in [6, 6.07) is 5.49. The van der Waals surface area contributed by atoms with Crippen LogP contribution in [0.4, 0.5) is 0 Å². The van der Waals surface area contributed by atoms with Crippen LogP contribution >= 0.6 is 0 Å². The summed E-state index contributed by atoms with van der Waals surface area (Å²) < 4.78 is 16.1. The topological polar surface area (TPSA) is 47.9 Å². The minimum absolute atomic E-state index is 0.257. The Morgan fingerprint density at radius 2 is 2.12 bits per heavy atom. The predicted octanol–water partition coefficient (Wildman–Crippen LogP) is 2.02. The Bertz CT molecular complexity index is 400. The Balaban J connectivity index is 1.62. The molecule has 3 rings (SSSR count). The molecule has 1 aromatic rings. The highest BCUT2D eigenvalue weighted by Crippen LogP contribution is 2.34. The first-order chi connectivity index (χ1) is 8.33. The number of rotatable bonds is 4. The molecule has 1 aliphatic heterocycles. The van der Waals surface area contributed by atoms with Crippen molar-refractivity contribution in [3.8, 4) is 11.5 Å².